The van der Waals surface area contributed by atoms with Crippen LogP contribution in [0.4, 0.5) is 0 Å². The first-order valence-corrected chi connectivity index (χ1v) is 9.25. The number of benzene rings is 1. The van der Waals surface area contributed by atoms with Crippen molar-refractivity contribution >= 4 is 11.6 Å². The van der Waals surface area contributed by atoms with Gasteiger partial charge in [-0.05, 0) is 43.5 Å². The summed E-state index contributed by atoms with van der Waals surface area (Å²) in [4.78, 5) is 17.2. The largest absolute Gasteiger partial charge is 0.486 e. The van der Waals surface area contributed by atoms with Gasteiger partial charge >= 0.3 is 0 Å². The minimum absolute atomic E-state index is 0.114. The second-order valence-electron chi connectivity index (χ2n) is 6.78. The molecule has 140 valence electrons. The Kier molecular flexibility index (Phi) is 5.07. The third-order valence-electron chi connectivity index (χ3n) is 4.75. The Labute approximate surface area is 158 Å². The molecule has 0 bridgehead atoms. The lowest BCUT2D eigenvalue weighted by Gasteiger charge is -2.13. The number of para-hydroxylation sites is 1. The number of nitrogens with one attached hydrogen (secondary N) is 1. The number of hydrogen-bond donors (Lipinski definition) is 1. The zero-order chi connectivity index (χ0) is 18.6. The molecular formula is C21H23N3O3. The number of nitrogens with zero attached hydrogens (tertiary/aromatic N) is 2. The predicted octanol–water partition coefficient (Wildman–Crippen LogP) is 3.13. The zero-order valence-electron chi connectivity index (χ0n) is 15.4. The Morgan fingerprint density at radius 3 is 3.04 bits per heavy atom. The van der Waals surface area contributed by atoms with Crippen molar-refractivity contribution in [3.8, 4) is 5.75 Å². The summed E-state index contributed by atoms with van der Waals surface area (Å²) in [6, 6.07) is 11.3. The number of fused-ring (bicyclic) bond motifs is 1. The van der Waals surface area contributed by atoms with E-state index >= 15 is 0 Å². The molecule has 4 rings (SSSR count). The van der Waals surface area contributed by atoms with Crippen LogP contribution in [0.2, 0.25) is 0 Å². The van der Waals surface area contributed by atoms with Crippen molar-refractivity contribution in [3.63, 3.8) is 0 Å². The van der Waals surface area contributed by atoms with Gasteiger partial charge in [0.05, 0.1) is 17.4 Å². The maximum atomic E-state index is 12.6. The van der Waals surface area contributed by atoms with E-state index in [2.05, 4.69) is 10.3 Å². The van der Waals surface area contributed by atoms with Gasteiger partial charge in [-0.2, -0.15) is 0 Å². The number of amides is 1. The van der Waals surface area contributed by atoms with Crippen LogP contribution in [0.1, 0.15) is 34.5 Å². The highest BCUT2D eigenvalue weighted by molar-refractivity contribution is 5.96. The molecule has 0 saturated carbocycles. The second kappa shape index (κ2) is 7.80. The fraction of sp³-hybridized carbons (Fsp3) is 0.333. The van der Waals surface area contributed by atoms with Gasteiger partial charge < -0.3 is 19.2 Å². The van der Waals surface area contributed by atoms with Gasteiger partial charge in [-0.15, -0.1) is 0 Å². The Balaban J connectivity index is 1.43. The van der Waals surface area contributed by atoms with Gasteiger partial charge in [-0.25, -0.2) is 4.98 Å². The van der Waals surface area contributed by atoms with Crippen molar-refractivity contribution in [3.05, 3.63) is 65.6 Å². The number of carbonyl (C=O) groups is 1. The van der Waals surface area contributed by atoms with Crippen LogP contribution in [0.3, 0.4) is 0 Å². The Hall–Kier alpha value is -2.86. The number of pyridine rings is 1. The van der Waals surface area contributed by atoms with Gasteiger partial charge in [0, 0.05) is 25.5 Å². The summed E-state index contributed by atoms with van der Waals surface area (Å²) in [5, 5.41) is 2.94. The van der Waals surface area contributed by atoms with E-state index in [1.165, 1.54) is 0 Å². The molecular weight excluding hydrogens is 342 g/mol. The molecule has 3 heterocycles. The van der Waals surface area contributed by atoms with Crippen LogP contribution in [0, 0.1) is 6.92 Å². The number of ether oxygens (including phenoxy) is 2. The summed E-state index contributed by atoms with van der Waals surface area (Å²) < 4.78 is 13.5. The second-order valence-corrected chi connectivity index (χ2v) is 6.78. The molecule has 1 aliphatic rings. The maximum Gasteiger partial charge on any atom is 0.255 e. The number of imidazole rings is 1. The molecule has 3 aromatic rings. The molecule has 6 nitrogen and oxygen atoms in total. The molecule has 27 heavy (non-hydrogen) atoms. The topological polar surface area (TPSA) is 64.9 Å². The molecule has 1 aliphatic heterocycles. The predicted molar refractivity (Wildman–Crippen MR) is 102 cm³/mol. The lowest BCUT2D eigenvalue weighted by atomic mass is 10.1. The molecule has 0 aliphatic carbocycles. The highest BCUT2D eigenvalue weighted by Gasteiger charge is 2.18. The molecule has 1 unspecified atom stereocenters. The van der Waals surface area contributed by atoms with Gasteiger partial charge in [0.2, 0.25) is 0 Å². The van der Waals surface area contributed by atoms with E-state index in [0.29, 0.717) is 24.5 Å². The van der Waals surface area contributed by atoms with E-state index < -0.39 is 0 Å². The van der Waals surface area contributed by atoms with E-state index in [9.17, 15) is 4.79 Å². The molecule has 1 saturated heterocycles. The van der Waals surface area contributed by atoms with Crippen molar-refractivity contribution in [2.45, 2.75) is 32.5 Å². The number of aromatic nitrogens is 2. The third kappa shape index (κ3) is 3.95. The summed E-state index contributed by atoms with van der Waals surface area (Å²) >= 11 is 0. The first-order chi connectivity index (χ1) is 13.2. The highest BCUT2D eigenvalue weighted by atomic mass is 16.5. The van der Waals surface area contributed by atoms with E-state index in [4.69, 9.17) is 9.47 Å². The maximum absolute atomic E-state index is 12.6. The van der Waals surface area contributed by atoms with Gasteiger partial charge in [0.1, 0.15) is 18.0 Å². The Morgan fingerprint density at radius 1 is 1.33 bits per heavy atom. The van der Waals surface area contributed by atoms with Crippen molar-refractivity contribution in [1.29, 1.82) is 0 Å². The summed E-state index contributed by atoms with van der Waals surface area (Å²) in [6.07, 6.45) is 6.07. The summed E-state index contributed by atoms with van der Waals surface area (Å²) in [5.41, 5.74) is 3.37. The first-order valence-electron chi connectivity index (χ1n) is 9.25. The average molecular weight is 365 g/mol. The lowest BCUT2D eigenvalue weighted by molar-refractivity contribution is 0.0854. The van der Waals surface area contributed by atoms with Crippen molar-refractivity contribution in [1.82, 2.24) is 14.7 Å². The van der Waals surface area contributed by atoms with Crippen molar-refractivity contribution in [2.24, 2.45) is 0 Å². The van der Waals surface area contributed by atoms with E-state index in [0.717, 1.165) is 36.4 Å². The third-order valence-corrected chi connectivity index (χ3v) is 4.75. The quantitative estimate of drug-likeness (QED) is 0.729. The number of aryl methyl sites for hydroxylation is 1. The Morgan fingerprint density at radius 2 is 2.22 bits per heavy atom. The van der Waals surface area contributed by atoms with Crippen molar-refractivity contribution < 1.29 is 14.3 Å². The fourth-order valence-corrected chi connectivity index (χ4v) is 3.31. The van der Waals surface area contributed by atoms with Gasteiger partial charge in [0.25, 0.3) is 5.91 Å². The summed E-state index contributed by atoms with van der Waals surface area (Å²) in [5.74, 6) is 0.406. The first kappa shape index (κ1) is 17.5. The van der Waals surface area contributed by atoms with Gasteiger partial charge in [-0.3, -0.25) is 4.79 Å². The molecule has 2 aromatic heterocycles. The van der Waals surface area contributed by atoms with Crippen molar-refractivity contribution in [2.75, 3.05) is 13.2 Å². The molecule has 1 aromatic carbocycles. The molecule has 1 atom stereocenters. The lowest BCUT2D eigenvalue weighted by Crippen LogP contribution is -2.32. The fourth-order valence-electron chi connectivity index (χ4n) is 3.31. The molecule has 1 amide bonds. The van der Waals surface area contributed by atoms with Crippen LogP contribution in [0.25, 0.3) is 5.65 Å². The monoisotopic (exact) mass is 365 g/mol. The minimum Gasteiger partial charge on any atom is -0.486 e. The van der Waals surface area contributed by atoms with E-state index in [1.807, 2.05) is 54.0 Å². The molecule has 6 heteroatoms. The summed E-state index contributed by atoms with van der Waals surface area (Å²) in [7, 11) is 0. The SMILES string of the molecule is Cc1cccn2cc(COc3ccccc3C(=O)NCC3CCCO3)nc12. The van der Waals surface area contributed by atoms with Crippen LogP contribution >= 0.6 is 0 Å². The smallest absolute Gasteiger partial charge is 0.255 e. The van der Waals surface area contributed by atoms with Gasteiger partial charge in [-0.1, -0.05) is 18.2 Å². The van der Waals surface area contributed by atoms with Crippen LogP contribution in [-0.2, 0) is 11.3 Å². The number of carbonyl (C=O) groups excluding carboxylic acids is 1. The van der Waals surface area contributed by atoms with Crippen LogP contribution in [0.5, 0.6) is 5.75 Å². The van der Waals surface area contributed by atoms with Crippen LogP contribution in [-0.4, -0.2) is 34.5 Å². The zero-order valence-corrected chi connectivity index (χ0v) is 15.4. The van der Waals surface area contributed by atoms with Crippen LogP contribution in [0.15, 0.2) is 48.8 Å². The van der Waals surface area contributed by atoms with Crippen LogP contribution < -0.4 is 10.1 Å². The molecule has 0 radical (unpaired) electrons. The normalized spacial score (nSPS) is 16.6. The average Bonchev–Trinajstić information content (AvgIpc) is 3.35. The molecule has 1 N–H and O–H groups in total. The Bertz CT molecular complexity index is 945. The highest BCUT2D eigenvalue weighted by Crippen LogP contribution is 2.20. The summed E-state index contributed by atoms with van der Waals surface area (Å²) in [6.45, 7) is 3.63. The number of hydrogen-bond acceptors (Lipinski definition) is 4. The van der Waals surface area contributed by atoms with E-state index in [1.54, 1.807) is 6.07 Å². The standard InChI is InChI=1S/C21H23N3O3/c1-15-6-4-10-24-13-16(23-20(15)24)14-27-19-9-3-2-8-18(19)21(25)22-12-17-7-5-11-26-17/h2-4,6,8-10,13,17H,5,7,11-12,14H2,1H3,(H,22,25). The molecule has 0 spiro atoms. The minimum atomic E-state index is -0.146. The molecule has 1 fully saturated rings. The van der Waals surface area contributed by atoms with Gasteiger partial charge in [0.15, 0.2) is 0 Å². The number of rotatable bonds is 6. The van der Waals surface area contributed by atoms with E-state index in [-0.39, 0.29) is 12.0 Å².